The van der Waals surface area contributed by atoms with E-state index in [1.807, 2.05) is 13.8 Å². The van der Waals surface area contributed by atoms with Gasteiger partial charge in [-0.25, -0.2) is 0 Å². The monoisotopic (exact) mass is 281 g/mol. The summed E-state index contributed by atoms with van der Waals surface area (Å²) in [5.41, 5.74) is 0.214. The molecule has 7 heteroatoms. The highest BCUT2D eigenvalue weighted by atomic mass is 16.5. The van der Waals surface area contributed by atoms with Crippen LogP contribution in [0.25, 0.3) is 0 Å². The first-order valence-corrected chi connectivity index (χ1v) is 7.19. The van der Waals surface area contributed by atoms with Crippen molar-refractivity contribution in [2.45, 2.75) is 33.1 Å². The van der Waals surface area contributed by atoms with Gasteiger partial charge in [0, 0.05) is 19.7 Å². The van der Waals surface area contributed by atoms with Gasteiger partial charge < -0.3 is 20.5 Å². The number of nitrogens with zero attached hydrogens (tertiary/aromatic N) is 3. The number of aromatic nitrogens is 3. The van der Waals surface area contributed by atoms with Gasteiger partial charge in [0.25, 0.3) is 0 Å². The molecule has 0 spiro atoms. The number of rotatable bonds is 9. The van der Waals surface area contributed by atoms with E-state index in [0.29, 0.717) is 24.5 Å². The fourth-order valence-corrected chi connectivity index (χ4v) is 2.06. The first kappa shape index (κ1) is 14.8. The van der Waals surface area contributed by atoms with E-state index in [1.165, 1.54) is 0 Å². The SMILES string of the molecule is CCNc1nc(NCC2(CCO)CC2)nc(OCC)n1. The average Bonchev–Trinajstić information content (AvgIpc) is 3.18. The average molecular weight is 281 g/mol. The largest absolute Gasteiger partial charge is 0.464 e. The number of aliphatic hydroxyl groups excluding tert-OH is 1. The van der Waals surface area contributed by atoms with Crippen molar-refractivity contribution in [3.05, 3.63) is 0 Å². The van der Waals surface area contributed by atoms with Crippen molar-refractivity contribution in [3.8, 4) is 6.01 Å². The predicted molar refractivity (Wildman–Crippen MR) is 77.0 cm³/mol. The maximum atomic E-state index is 9.07. The maximum Gasteiger partial charge on any atom is 0.323 e. The Morgan fingerprint density at radius 1 is 1.15 bits per heavy atom. The van der Waals surface area contributed by atoms with Crippen LogP contribution in [0.2, 0.25) is 0 Å². The molecule has 3 N–H and O–H groups in total. The van der Waals surface area contributed by atoms with Crippen LogP contribution in [0.15, 0.2) is 0 Å². The Balaban J connectivity index is 2.02. The highest BCUT2D eigenvalue weighted by molar-refractivity contribution is 5.36. The van der Waals surface area contributed by atoms with Crippen LogP contribution in [-0.4, -0.2) is 46.4 Å². The maximum absolute atomic E-state index is 9.07. The van der Waals surface area contributed by atoms with Gasteiger partial charge in [0.2, 0.25) is 11.9 Å². The Morgan fingerprint density at radius 2 is 1.85 bits per heavy atom. The second kappa shape index (κ2) is 6.69. The summed E-state index contributed by atoms with van der Waals surface area (Å²) in [6, 6.07) is 0.327. The molecule has 0 bridgehead atoms. The molecular formula is C13H23N5O2. The number of hydrogen-bond donors (Lipinski definition) is 3. The number of nitrogens with one attached hydrogen (secondary N) is 2. The molecule has 0 unspecified atom stereocenters. The molecule has 2 rings (SSSR count). The molecule has 1 aromatic rings. The molecule has 0 radical (unpaired) electrons. The molecule has 20 heavy (non-hydrogen) atoms. The standard InChI is InChI=1S/C13H23N5O2/c1-3-14-10-16-11(18-12(17-10)20-4-2)15-9-13(5-6-13)7-8-19/h19H,3-9H2,1-2H3,(H2,14,15,16,17,18). The van der Waals surface area contributed by atoms with Crippen LogP contribution in [0.3, 0.4) is 0 Å². The Labute approximate surface area is 119 Å². The molecular weight excluding hydrogens is 258 g/mol. The Morgan fingerprint density at radius 3 is 2.40 bits per heavy atom. The normalized spacial score (nSPS) is 15.8. The zero-order valence-electron chi connectivity index (χ0n) is 12.1. The molecule has 1 heterocycles. The van der Waals surface area contributed by atoms with Crippen molar-refractivity contribution in [1.29, 1.82) is 0 Å². The smallest absolute Gasteiger partial charge is 0.323 e. The van der Waals surface area contributed by atoms with Crippen molar-refractivity contribution < 1.29 is 9.84 Å². The lowest BCUT2D eigenvalue weighted by Gasteiger charge is -2.15. The summed E-state index contributed by atoms with van der Waals surface area (Å²) in [4.78, 5) is 12.7. The van der Waals surface area contributed by atoms with Crippen LogP contribution in [0.4, 0.5) is 11.9 Å². The quantitative estimate of drug-likeness (QED) is 0.628. The van der Waals surface area contributed by atoms with Gasteiger partial charge in [-0.3, -0.25) is 0 Å². The highest BCUT2D eigenvalue weighted by Gasteiger charge is 2.41. The fourth-order valence-electron chi connectivity index (χ4n) is 2.06. The number of hydrogen-bond acceptors (Lipinski definition) is 7. The van der Waals surface area contributed by atoms with Crippen molar-refractivity contribution in [2.24, 2.45) is 5.41 Å². The van der Waals surface area contributed by atoms with Gasteiger partial charge in [-0.05, 0) is 38.5 Å². The molecule has 1 aliphatic carbocycles. The highest BCUT2D eigenvalue weighted by Crippen LogP contribution is 2.48. The van der Waals surface area contributed by atoms with E-state index in [9.17, 15) is 0 Å². The Hall–Kier alpha value is -1.63. The Kier molecular flexibility index (Phi) is 4.94. The molecule has 0 aromatic carbocycles. The third-order valence-electron chi connectivity index (χ3n) is 3.44. The minimum absolute atomic E-state index is 0.214. The first-order valence-electron chi connectivity index (χ1n) is 7.19. The van der Waals surface area contributed by atoms with E-state index in [0.717, 1.165) is 32.4 Å². The molecule has 1 fully saturated rings. The third kappa shape index (κ3) is 3.93. The number of anilines is 2. The lowest BCUT2D eigenvalue weighted by atomic mass is 10.0. The Bertz CT molecular complexity index is 413. The topological polar surface area (TPSA) is 92.2 Å². The summed E-state index contributed by atoms with van der Waals surface area (Å²) in [6.07, 6.45) is 3.11. The van der Waals surface area contributed by atoms with Gasteiger partial charge in [-0.15, -0.1) is 0 Å². The van der Waals surface area contributed by atoms with Crippen LogP contribution in [0, 0.1) is 5.41 Å². The molecule has 1 aromatic heterocycles. The van der Waals surface area contributed by atoms with Gasteiger partial charge >= 0.3 is 6.01 Å². The second-order valence-electron chi connectivity index (χ2n) is 5.06. The number of aliphatic hydroxyl groups is 1. The summed E-state index contributed by atoms with van der Waals surface area (Å²) in [5.74, 6) is 1.03. The summed E-state index contributed by atoms with van der Waals surface area (Å²) in [5, 5.41) is 15.4. The van der Waals surface area contributed by atoms with Crippen LogP contribution in [-0.2, 0) is 0 Å². The van der Waals surface area contributed by atoms with Crippen molar-refractivity contribution in [2.75, 3.05) is 36.9 Å². The molecule has 112 valence electrons. The lowest BCUT2D eigenvalue weighted by Crippen LogP contribution is -2.19. The van der Waals surface area contributed by atoms with E-state index in [2.05, 4.69) is 25.6 Å². The van der Waals surface area contributed by atoms with Gasteiger partial charge in [-0.1, -0.05) is 0 Å². The minimum atomic E-state index is 0.214. The van der Waals surface area contributed by atoms with Crippen LogP contribution in [0.5, 0.6) is 6.01 Å². The zero-order valence-corrected chi connectivity index (χ0v) is 12.1. The van der Waals surface area contributed by atoms with Gasteiger partial charge in [0.05, 0.1) is 6.61 Å². The van der Waals surface area contributed by atoms with Crippen LogP contribution >= 0.6 is 0 Å². The molecule has 1 saturated carbocycles. The van der Waals surface area contributed by atoms with Crippen molar-refractivity contribution in [1.82, 2.24) is 15.0 Å². The molecule has 7 nitrogen and oxygen atoms in total. The summed E-state index contributed by atoms with van der Waals surface area (Å²) in [6.45, 7) is 6.13. The summed E-state index contributed by atoms with van der Waals surface area (Å²) in [7, 11) is 0. The summed E-state index contributed by atoms with van der Waals surface area (Å²) < 4.78 is 5.35. The van der Waals surface area contributed by atoms with E-state index in [-0.39, 0.29) is 12.0 Å². The minimum Gasteiger partial charge on any atom is -0.464 e. The van der Waals surface area contributed by atoms with E-state index in [4.69, 9.17) is 9.84 Å². The lowest BCUT2D eigenvalue weighted by molar-refractivity contribution is 0.253. The fraction of sp³-hybridized carbons (Fsp3) is 0.769. The molecule has 1 aliphatic rings. The van der Waals surface area contributed by atoms with Crippen molar-refractivity contribution >= 4 is 11.9 Å². The van der Waals surface area contributed by atoms with Crippen molar-refractivity contribution in [3.63, 3.8) is 0 Å². The van der Waals surface area contributed by atoms with E-state index in [1.54, 1.807) is 0 Å². The third-order valence-corrected chi connectivity index (χ3v) is 3.44. The van der Waals surface area contributed by atoms with Gasteiger partial charge in [-0.2, -0.15) is 15.0 Å². The predicted octanol–water partition coefficient (Wildman–Crippen LogP) is 1.28. The summed E-state index contributed by atoms with van der Waals surface area (Å²) >= 11 is 0. The van der Waals surface area contributed by atoms with Gasteiger partial charge in [0.1, 0.15) is 0 Å². The van der Waals surface area contributed by atoms with Crippen LogP contribution in [0.1, 0.15) is 33.1 Å². The first-order chi connectivity index (χ1) is 9.71. The number of ether oxygens (including phenoxy) is 1. The zero-order chi connectivity index (χ0) is 14.4. The van der Waals surface area contributed by atoms with E-state index < -0.39 is 0 Å². The molecule has 0 atom stereocenters. The van der Waals surface area contributed by atoms with Gasteiger partial charge in [0.15, 0.2) is 0 Å². The molecule has 0 aliphatic heterocycles. The van der Waals surface area contributed by atoms with Crippen LogP contribution < -0.4 is 15.4 Å². The van der Waals surface area contributed by atoms with E-state index >= 15 is 0 Å². The molecule has 0 saturated heterocycles. The second-order valence-corrected chi connectivity index (χ2v) is 5.06. The molecule has 0 amide bonds.